The highest BCUT2D eigenvalue weighted by Gasteiger charge is 2.08. The zero-order valence-corrected chi connectivity index (χ0v) is 23.6. The van der Waals surface area contributed by atoms with Crippen LogP contribution in [0.25, 0.3) is 6.08 Å². The topological polar surface area (TPSA) is 127 Å². The molecule has 0 saturated heterocycles. The van der Waals surface area contributed by atoms with Crippen molar-refractivity contribution >= 4 is 40.5 Å². The van der Waals surface area contributed by atoms with Crippen LogP contribution in [0.15, 0.2) is 98.8 Å². The minimum absolute atomic E-state index is 0.0405. The van der Waals surface area contributed by atoms with Crippen molar-refractivity contribution in [3.8, 4) is 12.1 Å². The molecule has 0 N–H and O–H groups in total. The molecule has 0 spiro atoms. The second-order valence-corrected chi connectivity index (χ2v) is 9.21. The number of rotatable bonds is 11. The molecule has 0 heterocycles. The first-order valence-corrected chi connectivity index (χ1v) is 13.0. The summed E-state index contributed by atoms with van der Waals surface area (Å²) in [6, 6.07) is 22.3. The number of benzene rings is 3. The van der Waals surface area contributed by atoms with Crippen molar-refractivity contribution in [1.82, 2.24) is 0 Å². The van der Waals surface area contributed by atoms with E-state index in [1.807, 2.05) is 69.3 Å². The molecule has 0 aliphatic heterocycles. The monoisotopic (exact) mass is 545 g/mol. The van der Waals surface area contributed by atoms with Gasteiger partial charge in [-0.25, -0.2) is 4.79 Å². The third-order valence-electron chi connectivity index (χ3n) is 6.01. The summed E-state index contributed by atoms with van der Waals surface area (Å²) < 4.78 is 5.21. The van der Waals surface area contributed by atoms with E-state index in [-0.39, 0.29) is 18.1 Å². The van der Waals surface area contributed by atoms with E-state index in [4.69, 9.17) is 15.3 Å². The van der Waals surface area contributed by atoms with Crippen LogP contribution in [0.4, 0.5) is 28.4 Å². The van der Waals surface area contributed by atoms with E-state index < -0.39 is 0 Å². The number of carbonyl (C=O) groups excluding carboxylic acids is 1. The number of hydrogen-bond acceptors (Lipinski definition) is 9. The quantitative estimate of drug-likeness (QED) is 0.103. The highest BCUT2D eigenvalue weighted by Crippen LogP contribution is 2.31. The fourth-order valence-electron chi connectivity index (χ4n) is 3.84. The number of azo groups is 2. The Kier molecular flexibility index (Phi) is 10.8. The molecule has 9 heteroatoms. The third kappa shape index (κ3) is 8.81. The second kappa shape index (κ2) is 14.7. The van der Waals surface area contributed by atoms with Crippen LogP contribution in [0.5, 0.6) is 0 Å². The SMILES string of the molecule is C=C(C)C(=O)OCCN(CC)c1ccc(N=Nc2cc(C)c(N=Nc3ccc(C=C(C#N)C#N)cc3)c(C)c2)cc1. The van der Waals surface area contributed by atoms with Crippen molar-refractivity contribution in [2.24, 2.45) is 20.5 Å². The van der Waals surface area contributed by atoms with E-state index in [2.05, 4.69) is 31.9 Å². The van der Waals surface area contributed by atoms with Crippen LogP contribution in [0.2, 0.25) is 0 Å². The molecule has 9 nitrogen and oxygen atoms in total. The van der Waals surface area contributed by atoms with Crippen LogP contribution in [0.1, 0.15) is 30.5 Å². The summed E-state index contributed by atoms with van der Waals surface area (Å²) in [5.41, 5.74) is 6.82. The molecule has 0 bridgehead atoms. The third-order valence-corrected chi connectivity index (χ3v) is 6.01. The Bertz CT molecular complexity index is 1530. The Morgan fingerprint density at radius 2 is 1.44 bits per heavy atom. The van der Waals surface area contributed by atoms with E-state index in [9.17, 15) is 4.79 Å². The number of aryl methyl sites for hydroxylation is 2. The average Bonchev–Trinajstić information content (AvgIpc) is 2.97. The summed E-state index contributed by atoms with van der Waals surface area (Å²) in [5.74, 6) is -0.383. The molecule has 0 radical (unpaired) electrons. The Morgan fingerprint density at radius 1 is 0.902 bits per heavy atom. The predicted molar refractivity (Wildman–Crippen MR) is 160 cm³/mol. The van der Waals surface area contributed by atoms with E-state index in [1.54, 1.807) is 31.2 Å². The van der Waals surface area contributed by atoms with Crippen molar-refractivity contribution < 1.29 is 9.53 Å². The standard InChI is InChI=1S/C32H31N7O2/c1-6-39(15-16-41-32(40)22(2)3)30-13-11-28(12-14-30)35-37-29-17-23(4)31(24(5)18-29)38-36-27-9-7-25(8-10-27)19-26(20-33)21-34/h7-14,17-19H,2,6,15-16H2,1,3-5H3. The van der Waals surface area contributed by atoms with Gasteiger partial charge in [-0.15, -0.1) is 0 Å². The van der Waals surface area contributed by atoms with Crippen LogP contribution in [0, 0.1) is 36.5 Å². The molecule has 0 aliphatic carbocycles. The summed E-state index contributed by atoms with van der Waals surface area (Å²) >= 11 is 0. The first-order chi connectivity index (χ1) is 19.7. The highest BCUT2D eigenvalue weighted by atomic mass is 16.5. The molecule has 41 heavy (non-hydrogen) atoms. The Balaban J connectivity index is 1.65. The summed E-state index contributed by atoms with van der Waals surface area (Å²) in [6.07, 6.45) is 1.52. The van der Waals surface area contributed by atoms with Gasteiger partial charge < -0.3 is 9.64 Å². The normalized spacial score (nSPS) is 10.7. The molecular weight excluding hydrogens is 514 g/mol. The van der Waals surface area contributed by atoms with Gasteiger partial charge >= 0.3 is 5.97 Å². The van der Waals surface area contributed by atoms with Crippen LogP contribution in [-0.2, 0) is 9.53 Å². The minimum atomic E-state index is -0.383. The van der Waals surface area contributed by atoms with Crippen LogP contribution in [0.3, 0.4) is 0 Å². The number of ether oxygens (including phenoxy) is 1. The molecule has 206 valence electrons. The number of nitrogens with zero attached hydrogens (tertiary/aromatic N) is 7. The Labute approximate surface area is 240 Å². The number of anilines is 1. The molecule has 0 aromatic heterocycles. The Morgan fingerprint density at radius 3 is 1.98 bits per heavy atom. The first kappa shape index (κ1) is 30.1. The van der Waals surface area contributed by atoms with Gasteiger partial charge in [-0.05, 0) is 99.0 Å². The number of carbonyl (C=O) groups is 1. The molecule has 0 amide bonds. The van der Waals surface area contributed by atoms with E-state index >= 15 is 0 Å². The van der Waals surface area contributed by atoms with Crippen molar-refractivity contribution in [1.29, 1.82) is 10.5 Å². The lowest BCUT2D eigenvalue weighted by Crippen LogP contribution is -2.28. The molecular formula is C32H31N7O2. The molecule has 0 fully saturated rings. The molecule has 3 aromatic carbocycles. The van der Waals surface area contributed by atoms with Crippen molar-refractivity contribution in [3.63, 3.8) is 0 Å². The number of likely N-dealkylation sites (N-methyl/N-ethyl adjacent to an activating group) is 1. The summed E-state index contributed by atoms with van der Waals surface area (Å²) in [7, 11) is 0. The first-order valence-electron chi connectivity index (χ1n) is 13.0. The lowest BCUT2D eigenvalue weighted by atomic mass is 10.1. The van der Waals surface area contributed by atoms with E-state index in [0.29, 0.717) is 29.2 Å². The summed E-state index contributed by atoms with van der Waals surface area (Å²) in [5, 5.41) is 35.3. The van der Waals surface area contributed by atoms with Gasteiger partial charge in [0.1, 0.15) is 24.3 Å². The van der Waals surface area contributed by atoms with Crippen LogP contribution < -0.4 is 4.90 Å². The van der Waals surface area contributed by atoms with Crippen LogP contribution in [-0.4, -0.2) is 25.7 Å². The molecule has 3 aromatic rings. The van der Waals surface area contributed by atoms with Crippen molar-refractivity contribution in [2.75, 3.05) is 24.6 Å². The van der Waals surface area contributed by atoms with Gasteiger partial charge in [0.25, 0.3) is 0 Å². The van der Waals surface area contributed by atoms with Gasteiger partial charge in [-0.2, -0.15) is 31.0 Å². The number of esters is 1. The molecule has 3 rings (SSSR count). The molecule has 0 saturated carbocycles. The second-order valence-electron chi connectivity index (χ2n) is 9.21. The van der Waals surface area contributed by atoms with Gasteiger partial charge in [0, 0.05) is 17.8 Å². The maximum atomic E-state index is 11.6. The number of allylic oxidation sites excluding steroid dienone is 1. The minimum Gasteiger partial charge on any atom is -0.460 e. The van der Waals surface area contributed by atoms with Gasteiger partial charge in [-0.3, -0.25) is 0 Å². The summed E-state index contributed by atoms with van der Waals surface area (Å²) in [4.78, 5) is 13.7. The van der Waals surface area contributed by atoms with Gasteiger partial charge in [0.05, 0.1) is 29.3 Å². The maximum Gasteiger partial charge on any atom is 0.333 e. The molecule has 0 unspecified atom stereocenters. The number of hydrogen-bond donors (Lipinski definition) is 0. The van der Waals surface area contributed by atoms with Crippen molar-refractivity contribution in [2.45, 2.75) is 27.7 Å². The predicted octanol–water partition coefficient (Wildman–Crippen LogP) is 8.51. The lowest BCUT2D eigenvalue weighted by Gasteiger charge is -2.22. The largest absolute Gasteiger partial charge is 0.460 e. The highest BCUT2D eigenvalue weighted by molar-refractivity contribution is 5.86. The van der Waals surface area contributed by atoms with Crippen LogP contribution >= 0.6 is 0 Å². The van der Waals surface area contributed by atoms with E-state index in [1.165, 1.54) is 6.08 Å². The average molecular weight is 546 g/mol. The smallest absolute Gasteiger partial charge is 0.333 e. The fourth-order valence-corrected chi connectivity index (χ4v) is 3.84. The van der Waals surface area contributed by atoms with E-state index in [0.717, 1.165) is 34.6 Å². The van der Waals surface area contributed by atoms with Gasteiger partial charge in [-0.1, -0.05) is 18.7 Å². The van der Waals surface area contributed by atoms with Crippen molar-refractivity contribution in [3.05, 3.63) is 95.1 Å². The van der Waals surface area contributed by atoms with Gasteiger partial charge in [0.2, 0.25) is 0 Å². The zero-order chi connectivity index (χ0) is 29.8. The molecule has 0 aliphatic rings. The van der Waals surface area contributed by atoms with Gasteiger partial charge in [0.15, 0.2) is 0 Å². The zero-order valence-electron chi connectivity index (χ0n) is 23.6. The lowest BCUT2D eigenvalue weighted by molar-refractivity contribution is -0.138. The Hall–Kier alpha value is -5.41. The molecule has 0 atom stereocenters. The fraction of sp³-hybridized carbons (Fsp3) is 0.219. The summed E-state index contributed by atoms with van der Waals surface area (Å²) in [6.45, 7) is 12.8. The number of nitriles is 2. The maximum absolute atomic E-state index is 11.6.